The van der Waals surface area contributed by atoms with Crippen LogP contribution in [0.25, 0.3) is 10.2 Å². The summed E-state index contributed by atoms with van der Waals surface area (Å²) in [5.74, 6) is 0. The van der Waals surface area contributed by atoms with E-state index in [2.05, 4.69) is 54.2 Å². The van der Waals surface area contributed by atoms with E-state index in [0.29, 0.717) is 0 Å². The second kappa shape index (κ2) is 6.87. The number of thiazole rings is 1. The van der Waals surface area contributed by atoms with E-state index in [4.69, 9.17) is 0 Å². The van der Waals surface area contributed by atoms with Gasteiger partial charge in [0.2, 0.25) is 0 Å². The number of aryl methyl sites for hydroxylation is 1. The van der Waals surface area contributed by atoms with Crippen molar-refractivity contribution in [3.8, 4) is 0 Å². The van der Waals surface area contributed by atoms with Crippen molar-refractivity contribution in [2.45, 2.75) is 27.2 Å². The Hall–Kier alpha value is -1.13. The molecule has 0 aliphatic carbocycles. The van der Waals surface area contributed by atoms with Gasteiger partial charge in [-0.05, 0) is 50.7 Å². The maximum absolute atomic E-state index is 4.60. The Morgan fingerprint density at radius 2 is 2.05 bits per heavy atom. The molecule has 0 amide bonds. The molecule has 104 valence electrons. The summed E-state index contributed by atoms with van der Waals surface area (Å²) in [5, 5.41) is 4.48. The molecular weight excluding hydrogens is 254 g/mol. The molecule has 2 rings (SSSR count). The second-order valence-electron chi connectivity index (χ2n) is 4.80. The molecule has 0 radical (unpaired) electrons. The van der Waals surface area contributed by atoms with Crippen LogP contribution in [0.5, 0.6) is 0 Å². The number of hydrogen-bond donors (Lipinski definition) is 1. The summed E-state index contributed by atoms with van der Waals surface area (Å²) in [4.78, 5) is 7.05. The molecule has 3 nitrogen and oxygen atoms in total. The quantitative estimate of drug-likeness (QED) is 0.781. The molecule has 0 atom stereocenters. The van der Waals surface area contributed by atoms with Crippen molar-refractivity contribution >= 4 is 26.7 Å². The first kappa shape index (κ1) is 14.3. The minimum atomic E-state index is 0.995. The van der Waals surface area contributed by atoms with Crippen molar-refractivity contribution in [1.29, 1.82) is 0 Å². The molecule has 0 unspecified atom stereocenters. The van der Waals surface area contributed by atoms with Gasteiger partial charge in [0, 0.05) is 6.54 Å². The van der Waals surface area contributed by atoms with E-state index in [1.807, 2.05) is 0 Å². The van der Waals surface area contributed by atoms with Crippen LogP contribution in [0.1, 0.15) is 25.8 Å². The van der Waals surface area contributed by atoms with Crippen LogP contribution < -0.4 is 5.32 Å². The van der Waals surface area contributed by atoms with Crippen LogP contribution in [0.3, 0.4) is 0 Å². The van der Waals surface area contributed by atoms with E-state index in [1.54, 1.807) is 11.3 Å². The fraction of sp³-hybridized carbons (Fsp3) is 0.533. The van der Waals surface area contributed by atoms with E-state index in [-0.39, 0.29) is 0 Å². The molecule has 1 aromatic carbocycles. The lowest BCUT2D eigenvalue weighted by atomic mass is 10.2. The Labute approximate surface area is 119 Å². The highest BCUT2D eigenvalue weighted by molar-refractivity contribution is 7.22. The van der Waals surface area contributed by atoms with Crippen molar-refractivity contribution in [1.82, 2.24) is 9.88 Å². The van der Waals surface area contributed by atoms with Crippen LogP contribution in [-0.2, 0) is 0 Å². The van der Waals surface area contributed by atoms with Crippen LogP contribution in [0.4, 0.5) is 5.13 Å². The highest BCUT2D eigenvalue weighted by atomic mass is 32.1. The average molecular weight is 277 g/mol. The number of anilines is 1. The minimum Gasteiger partial charge on any atom is -0.361 e. The van der Waals surface area contributed by atoms with Gasteiger partial charge in [0.05, 0.1) is 10.2 Å². The lowest BCUT2D eigenvalue weighted by molar-refractivity contribution is 0.303. The van der Waals surface area contributed by atoms with E-state index in [9.17, 15) is 0 Å². The van der Waals surface area contributed by atoms with Gasteiger partial charge in [-0.3, -0.25) is 0 Å². The second-order valence-corrected chi connectivity index (χ2v) is 5.83. The molecule has 0 saturated carbocycles. The molecule has 0 spiro atoms. The van der Waals surface area contributed by atoms with E-state index in [1.165, 1.54) is 10.3 Å². The molecule has 1 N–H and O–H groups in total. The zero-order chi connectivity index (χ0) is 13.7. The number of hydrogen-bond acceptors (Lipinski definition) is 4. The Bertz CT molecular complexity index is 517. The summed E-state index contributed by atoms with van der Waals surface area (Å²) < 4.78 is 1.27. The number of aromatic nitrogens is 1. The minimum absolute atomic E-state index is 0.995. The van der Waals surface area contributed by atoms with Gasteiger partial charge in [0.15, 0.2) is 5.13 Å². The first-order valence-electron chi connectivity index (χ1n) is 7.06. The summed E-state index contributed by atoms with van der Waals surface area (Å²) in [7, 11) is 0. The number of benzene rings is 1. The van der Waals surface area contributed by atoms with Gasteiger partial charge >= 0.3 is 0 Å². The van der Waals surface area contributed by atoms with Crippen molar-refractivity contribution in [2.24, 2.45) is 0 Å². The van der Waals surface area contributed by atoms with Gasteiger partial charge in [-0.25, -0.2) is 4.98 Å². The number of nitrogens with one attached hydrogen (secondary N) is 1. The monoisotopic (exact) mass is 277 g/mol. The van der Waals surface area contributed by atoms with Crippen molar-refractivity contribution in [2.75, 3.05) is 31.5 Å². The molecule has 0 fully saturated rings. The molecule has 4 heteroatoms. The van der Waals surface area contributed by atoms with Gasteiger partial charge in [-0.15, -0.1) is 0 Å². The lowest BCUT2D eigenvalue weighted by Gasteiger charge is -2.17. The van der Waals surface area contributed by atoms with Crippen LogP contribution in [0.2, 0.25) is 0 Å². The first-order valence-corrected chi connectivity index (χ1v) is 7.88. The third-order valence-corrected chi connectivity index (χ3v) is 4.34. The van der Waals surface area contributed by atoms with E-state index in [0.717, 1.165) is 43.2 Å². The van der Waals surface area contributed by atoms with Crippen LogP contribution in [0, 0.1) is 6.92 Å². The highest BCUT2D eigenvalue weighted by Crippen LogP contribution is 2.26. The molecule has 0 aliphatic heterocycles. The fourth-order valence-corrected chi connectivity index (χ4v) is 3.13. The number of nitrogens with zero attached hydrogens (tertiary/aromatic N) is 2. The summed E-state index contributed by atoms with van der Waals surface area (Å²) in [6.45, 7) is 11.0. The third-order valence-electron chi connectivity index (χ3n) is 3.37. The van der Waals surface area contributed by atoms with E-state index < -0.39 is 0 Å². The summed E-state index contributed by atoms with van der Waals surface area (Å²) >= 11 is 1.75. The largest absolute Gasteiger partial charge is 0.361 e. The normalized spacial score (nSPS) is 11.4. The number of fused-ring (bicyclic) bond motifs is 1. The highest BCUT2D eigenvalue weighted by Gasteiger charge is 2.03. The van der Waals surface area contributed by atoms with Crippen LogP contribution >= 0.6 is 11.3 Å². The Balaban J connectivity index is 1.84. The standard InChI is InChI=1S/C15H23N3S/c1-4-18(5-2)10-6-9-16-15-17-13-8-7-12(3)11-14(13)19-15/h7-8,11H,4-6,9-10H2,1-3H3,(H,16,17). The third kappa shape index (κ3) is 3.91. The average Bonchev–Trinajstić information content (AvgIpc) is 2.80. The maximum Gasteiger partial charge on any atom is 0.183 e. The van der Waals surface area contributed by atoms with Gasteiger partial charge in [-0.2, -0.15) is 0 Å². The predicted octanol–water partition coefficient (Wildman–Crippen LogP) is 3.75. The van der Waals surface area contributed by atoms with Gasteiger partial charge in [0.1, 0.15) is 0 Å². The summed E-state index contributed by atoms with van der Waals surface area (Å²) in [6.07, 6.45) is 1.16. The Morgan fingerprint density at radius 3 is 2.79 bits per heavy atom. The molecule has 0 aliphatic rings. The maximum atomic E-state index is 4.60. The van der Waals surface area contributed by atoms with Gasteiger partial charge in [0.25, 0.3) is 0 Å². The Morgan fingerprint density at radius 1 is 1.26 bits per heavy atom. The Kier molecular flexibility index (Phi) is 5.16. The van der Waals surface area contributed by atoms with E-state index >= 15 is 0 Å². The molecule has 0 bridgehead atoms. The molecule has 19 heavy (non-hydrogen) atoms. The molecule has 2 aromatic rings. The summed E-state index contributed by atoms with van der Waals surface area (Å²) in [5.41, 5.74) is 2.39. The van der Waals surface area contributed by atoms with Crippen LogP contribution in [-0.4, -0.2) is 36.1 Å². The fourth-order valence-electron chi connectivity index (χ4n) is 2.15. The topological polar surface area (TPSA) is 28.2 Å². The molecule has 1 aromatic heterocycles. The van der Waals surface area contributed by atoms with Crippen molar-refractivity contribution in [3.63, 3.8) is 0 Å². The van der Waals surface area contributed by atoms with Crippen molar-refractivity contribution in [3.05, 3.63) is 23.8 Å². The lowest BCUT2D eigenvalue weighted by Crippen LogP contribution is -2.25. The van der Waals surface area contributed by atoms with Gasteiger partial charge < -0.3 is 10.2 Å². The number of rotatable bonds is 7. The van der Waals surface area contributed by atoms with Gasteiger partial charge in [-0.1, -0.05) is 31.3 Å². The zero-order valence-electron chi connectivity index (χ0n) is 12.1. The SMILES string of the molecule is CCN(CC)CCCNc1nc2ccc(C)cc2s1. The molecule has 1 heterocycles. The molecule has 0 saturated heterocycles. The predicted molar refractivity (Wildman–Crippen MR) is 85.3 cm³/mol. The van der Waals surface area contributed by atoms with Crippen LogP contribution in [0.15, 0.2) is 18.2 Å². The van der Waals surface area contributed by atoms with Crippen molar-refractivity contribution < 1.29 is 0 Å². The summed E-state index contributed by atoms with van der Waals surface area (Å²) in [6, 6.07) is 6.42. The smallest absolute Gasteiger partial charge is 0.183 e. The first-order chi connectivity index (χ1) is 9.22. The zero-order valence-corrected chi connectivity index (χ0v) is 12.9. The molecular formula is C15H23N3S.